The zero-order valence-electron chi connectivity index (χ0n) is 22.1. The number of nitrogens with zero attached hydrogens (tertiary/aromatic N) is 3. The van der Waals surface area contributed by atoms with Crippen LogP contribution in [0.4, 0.5) is 19.0 Å². The summed E-state index contributed by atoms with van der Waals surface area (Å²) in [4.78, 5) is 27.7. The van der Waals surface area contributed by atoms with Gasteiger partial charge < -0.3 is 10.2 Å². The Balaban J connectivity index is 1.85. The van der Waals surface area contributed by atoms with Crippen molar-refractivity contribution in [2.75, 3.05) is 18.4 Å². The van der Waals surface area contributed by atoms with Crippen LogP contribution in [0.15, 0.2) is 54.6 Å². The van der Waals surface area contributed by atoms with Gasteiger partial charge in [-0.3, -0.25) is 9.59 Å². The van der Waals surface area contributed by atoms with E-state index in [0.29, 0.717) is 22.9 Å². The molecule has 0 radical (unpaired) electrons. The van der Waals surface area contributed by atoms with Gasteiger partial charge in [0.05, 0.1) is 16.9 Å². The highest BCUT2D eigenvalue weighted by molar-refractivity contribution is 6.30. The highest BCUT2D eigenvalue weighted by atomic mass is 35.5. The van der Waals surface area contributed by atoms with Crippen LogP contribution in [0, 0.1) is 5.92 Å². The molecule has 0 atom stereocenters. The lowest BCUT2D eigenvalue weighted by atomic mass is 9.92. The van der Waals surface area contributed by atoms with Crippen LogP contribution in [0.1, 0.15) is 62.7 Å². The van der Waals surface area contributed by atoms with Crippen LogP contribution in [0.2, 0.25) is 5.02 Å². The molecule has 10 heteroatoms. The SMILES string of the molecule is CC(C)CCN(CC(=O)Nc1cc(C(C)(C)C)nn1-c1ccc(Cl)cc1)C(=O)c1ccc(C(F)(F)F)cc1. The second-order valence-corrected chi connectivity index (χ2v) is 11.0. The molecule has 0 saturated heterocycles. The highest BCUT2D eigenvalue weighted by Gasteiger charge is 2.31. The van der Waals surface area contributed by atoms with Crippen molar-refractivity contribution >= 4 is 29.2 Å². The van der Waals surface area contributed by atoms with Gasteiger partial charge in [-0.2, -0.15) is 18.3 Å². The minimum Gasteiger partial charge on any atom is -0.329 e. The summed E-state index contributed by atoms with van der Waals surface area (Å²) in [6, 6.07) is 12.8. The number of nitrogens with one attached hydrogen (secondary N) is 1. The number of amides is 2. The maximum Gasteiger partial charge on any atom is 0.416 e. The average Bonchev–Trinajstić information content (AvgIpc) is 3.25. The molecule has 0 saturated carbocycles. The Kier molecular flexibility index (Phi) is 8.92. The minimum atomic E-state index is -4.50. The Labute approximate surface area is 225 Å². The molecule has 3 rings (SSSR count). The summed E-state index contributed by atoms with van der Waals surface area (Å²) < 4.78 is 40.5. The topological polar surface area (TPSA) is 67.2 Å². The van der Waals surface area contributed by atoms with E-state index in [4.69, 9.17) is 11.6 Å². The monoisotopic (exact) mass is 548 g/mol. The molecule has 2 amide bonds. The molecule has 0 unspecified atom stereocenters. The van der Waals surface area contributed by atoms with Gasteiger partial charge in [-0.15, -0.1) is 0 Å². The number of hydrogen-bond acceptors (Lipinski definition) is 3. The maximum atomic E-state index is 13.2. The van der Waals surface area contributed by atoms with E-state index in [1.54, 1.807) is 35.0 Å². The molecule has 0 aliphatic rings. The van der Waals surface area contributed by atoms with E-state index < -0.39 is 23.6 Å². The number of aromatic nitrogens is 2. The Hall–Kier alpha value is -3.33. The van der Waals surface area contributed by atoms with Crippen LogP contribution in [-0.2, 0) is 16.4 Å². The Bertz CT molecular complexity index is 1260. The second kappa shape index (κ2) is 11.6. The molecule has 6 nitrogen and oxygen atoms in total. The molecule has 0 bridgehead atoms. The van der Waals surface area contributed by atoms with Crippen molar-refractivity contribution in [1.82, 2.24) is 14.7 Å². The summed E-state index contributed by atoms with van der Waals surface area (Å²) >= 11 is 6.03. The van der Waals surface area contributed by atoms with Crippen molar-refractivity contribution in [3.8, 4) is 5.69 Å². The summed E-state index contributed by atoms with van der Waals surface area (Å²) in [6.07, 6.45) is -3.88. The van der Waals surface area contributed by atoms with Gasteiger partial charge in [-0.05, 0) is 60.9 Å². The predicted octanol–water partition coefficient (Wildman–Crippen LogP) is 6.97. The van der Waals surface area contributed by atoms with Crippen molar-refractivity contribution in [1.29, 1.82) is 0 Å². The number of carbonyl (C=O) groups excluding carboxylic acids is 2. The van der Waals surface area contributed by atoms with E-state index in [0.717, 1.165) is 30.0 Å². The largest absolute Gasteiger partial charge is 0.416 e. The van der Waals surface area contributed by atoms with Crippen molar-refractivity contribution in [2.45, 2.75) is 52.6 Å². The van der Waals surface area contributed by atoms with Crippen molar-refractivity contribution in [2.24, 2.45) is 5.92 Å². The maximum absolute atomic E-state index is 13.2. The van der Waals surface area contributed by atoms with E-state index in [2.05, 4.69) is 10.4 Å². The molecule has 0 spiro atoms. The van der Waals surface area contributed by atoms with Crippen molar-refractivity contribution in [3.63, 3.8) is 0 Å². The molecular weight excluding hydrogens is 517 g/mol. The van der Waals surface area contributed by atoms with Crippen LogP contribution >= 0.6 is 11.6 Å². The zero-order chi connectivity index (χ0) is 28.3. The quantitative estimate of drug-likeness (QED) is 0.330. The average molecular weight is 549 g/mol. The lowest BCUT2D eigenvalue weighted by Crippen LogP contribution is -2.39. The molecule has 38 heavy (non-hydrogen) atoms. The van der Waals surface area contributed by atoms with Crippen LogP contribution in [0.5, 0.6) is 0 Å². The van der Waals surface area contributed by atoms with Crippen LogP contribution in [0.3, 0.4) is 0 Å². The summed E-state index contributed by atoms with van der Waals surface area (Å²) in [5.41, 5.74) is 0.387. The van der Waals surface area contributed by atoms with Crippen LogP contribution in [0.25, 0.3) is 5.69 Å². The van der Waals surface area contributed by atoms with E-state index in [1.165, 1.54) is 4.90 Å². The van der Waals surface area contributed by atoms with Gasteiger partial charge in [0.2, 0.25) is 5.91 Å². The molecule has 0 fully saturated rings. The normalized spacial score (nSPS) is 12.1. The molecule has 2 aromatic carbocycles. The van der Waals surface area contributed by atoms with Gasteiger partial charge in [-0.1, -0.05) is 46.2 Å². The van der Waals surface area contributed by atoms with Gasteiger partial charge in [0, 0.05) is 28.6 Å². The van der Waals surface area contributed by atoms with Crippen molar-refractivity contribution in [3.05, 3.63) is 76.4 Å². The number of alkyl halides is 3. The first-order chi connectivity index (χ1) is 17.6. The molecule has 1 aromatic heterocycles. The van der Waals surface area contributed by atoms with Gasteiger partial charge >= 0.3 is 6.18 Å². The molecule has 1 N–H and O–H groups in total. The first kappa shape index (κ1) is 29.2. The summed E-state index contributed by atoms with van der Waals surface area (Å²) in [5.74, 6) is -0.296. The van der Waals surface area contributed by atoms with E-state index >= 15 is 0 Å². The standard InChI is InChI=1S/C28H32ClF3N4O2/c1-18(2)14-15-35(26(38)19-6-8-20(9-7-19)28(30,31)32)17-25(37)33-24-16-23(27(3,4)5)34-36(24)22-12-10-21(29)11-13-22/h6-13,16,18H,14-15,17H2,1-5H3,(H,33,37). The number of anilines is 1. The lowest BCUT2D eigenvalue weighted by molar-refractivity contribution is -0.137. The molecule has 1 heterocycles. The molecule has 204 valence electrons. The molecular formula is C28H32ClF3N4O2. The van der Waals surface area contributed by atoms with Crippen LogP contribution < -0.4 is 5.32 Å². The fraction of sp³-hybridized carbons (Fsp3) is 0.393. The third-order valence-electron chi connectivity index (χ3n) is 5.87. The summed E-state index contributed by atoms with van der Waals surface area (Å²) in [6.45, 7) is 9.98. The third kappa shape index (κ3) is 7.60. The Morgan fingerprint density at radius 3 is 2.16 bits per heavy atom. The Morgan fingerprint density at radius 1 is 1.03 bits per heavy atom. The van der Waals surface area contributed by atoms with Crippen LogP contribution in [-0.4, -0.2) is 39.6 Å². The van der Waals surface area contributed by atoms with E-state index in [1.807, 2.05) is 34.6 Å². The lowest BCUT2D eigenvalue weighted by Gasteiger charge is -2.23. The molecule has 0 aliphatic carbocycles. The molecule has 3 aromatic rings. The van der Waals surface area contributed by atoms with Gasteiger partial charge in [0.25, 0.3) is 5.91 Å². The highest BCUT2D eigenvalue weighted by Crippen LogP contribution is 2.30. The number of halogens is 4. The fourth-order valence-corrected chi connectivity index (χ4v) is 3.75. The second-order valence-electron chi connectivity index (χ2n) is 10.6. The smallest absolute Gasteiger partial charge is 0.329 e. The first-order valence-electron chi connectivity index (χ1n) is 12.3. The van der Waals surface area contributed by atoms with Gasteiger partial charge in [0.15, 0.2) is 0 Å². The van der Waals surface area contributed by atoms with E-state index in [-0.39, 0.29) is 30.0 Å². The van der Waals surface area contributed by atoms with Crippen molar-refractivity contribution < 1.29 is 22.8 Å². The zero-order valence-corrected chi connectivity index (χ0v) is 22.8. The van der Waals surface area contributed by atoms with E-state index in [9.17, 15) is 22.8 Å². The fourth-order valence-electron chi connectivity index (χ4n) is 3.62. The summed E-state index contributed by atoms with van der Waals surface area (Å²) in [5, 5.41) is 8.09. The summed E-state index contributed by atoms with van der Waals surface area (Å²) in [7, 11) is 0. The first-order valence-corrected chi connectivity index (χ1v) is 12.7. The number of rotatable bonds is 8. The Morgan fingerprint density at radius 2 is 1.63 bits per heavy atom. The van der Waals surface area contributed by atoms with Gasteiger partial charge in [-0.25, -0.2) is 4.68 Å². The number of hydrogen-bond donors (Lipinski definition) is 1. The third-order valence-corrected chi connectivity index (χ3v) is 6.13. The minimum absolute atomic E-state index is 0.0794. The number of carbonyl (C=O) groups is 2. The number of benzene rings is 2. The predicted molar refractivity (Wildman–Crippen MR) is 143 cm³/mol. The molecule has 0 aliphatic heterocycles. The van der Waals surface area contributed by atoms with Gasteiger partial charge in [0.1, 0.15) is 12.4 Å².